The van der Waals surface area contributed by atoms with E-state index in [4.69, 9.17) is 4.74 Å². The van der Waals surface area contributed by atoms with E-state index in [0.29, 0.717) is 19.1 Å². The second-order valence-electron chi connectivity index (χ2n) is 5.91. The molecule has 0 fully saturated rings. The van der Waals surface area contributed by atoms with Gasteiger partial charge in [-0.05, 0) is 31.2 Å². The van der Waals surface area contributed by atoms with E-state index in [1.54, 1.807) is 6.92 Å². The fourth-order valence-corrected chi connectivity index (χ4v) is 2.51. The Labute approximate surface area is 130 Å². The van der Waals surface area contributed by atoms with Crippen molar-refractivity contribution in [2.24, 2.45) is 5.92 Å². The van der Waals surface area contributed by atoms with Gasteiger partial charge in [-0.3, -0.25) is 0 Å². The van der Waals surface area contributed by atoms with Crippen LogP contribution in [0.15, 0.2) is 17.5 Å². The van der Waals surface area contributed by atoms with Gasteiger partial charge < -0.3 is 20.5 Å². The molecule has 0 spiro atoms. The van der Waals surface area contributed by atoms with Crippen molar-refractivity contribution in [1.82, 2.24) is 10.6 Å². The molecular formula is C15H26N2O3S. The third kappa shape index (κ3) is 6.93. The lowest BCUT2D eigenvalue weighted by Crippen LogP contribution is -2.47. The molecule has 1 heterocycles. The molecule has 0 saturated heterocycles. The number of aliphatic hydroxyl groups is 1. The monoisotopic (exact) mass is 314 g/mol. The summed E-state index contributed by atoms with van der Waals surface area (Å²) < 4.78 is 5.47. The summed E-state index contributed by atoms with van der Waals surface area (Å²) in [5, 5.41) is 17.7. The molecule has 0 aromatic carbocycles. The van der Waals surface area contributed by atoms with Crippen LogP contribution in [0.25, 0.3) is 0 Å². The molecule has 3 N–H and O–H groups in total. The van der Waals surface area contributed by atoms with Gasteiger partial charge >= 0.3 is 6.03 Å². The average molecular weight is 314 g/mol. The summed E-state index contributed by atoms with van der Waals surface area (Å²) in [5.74, 6) is 0.479. The molecule has 0 aliphatic heterocycles. The first-order valence-electron chi connectivity index (χ1n) is 7.19. The summed E-state index contributed by atoms with van der Waals surface area (Å²) >= 11 is 1.47. The first kappa shape index (κ1) is 17.9. The molecule has 6 heteroatoms. The SMILES string of the molecule is CC(C)COC[C@@H](C)NC(=O)NC[C@](C)(O)c1cccs1. The number of carbonyl (C=O) groups excluding carboxylic acids is 1. The number of nitrogens with one attached hydrogen (secondary N) is 2. The average Bonchev–Trinajstić information content (AvgIpc) is 2.90. The Bertz CT molecular complexity index is 419. The molecule has 0 aliphatic carbocycles. The topological polar surface area (TPSA) is 70.6 Å². The summed E-state index contributed by atoms with van der Waals surface area (Å²) in [6.45, 7) is 9.06. The van der Waals surface area contributed by atoms with E-state index < -0.39 is 5.60 Å². The molecule has 1 rings (SSSR count). The molecule has 21 heavy (non-hydrogen) atoms. The second kappa shape index (κ2) is 8.36. The van der Waals surface area contributed by atoms with E-state index in [1.807, 2.05) is 24.4 Å². The molecule has 1 aromatic rings. The van der Waals surface area contributed by atoms with Crippen LogP contribution in [0.3, 0.4) is 0 Å². The number of thiophene rings is 1. The number of ether oxygens (including phenoxy) is 1. The summed E-state index contributed by atoms with van der Waals surface area (Å²) in [6.07, 6.45) is 0. The lowest BCUT2D eigenvalue weighted by atomic mass is 10.1. The molecule has 0 bridgehead atoms. The van der Waals surface area contributed by atoms with E-state index in [0.717, 1.165) is 4.88 Å². The first-order chi connectivity index (χ1) is 9.81. The van der Waals surface area contributed by atoms with E-state index >= 15 is 0 Å². The van der Waals surface area contributed by atoms with Gasteiger partial charge in [0.1, 0.15) is 5.60 Å². The van der Waals surface area contributed by atoms with Gasteiger partial charge in [-0.15, -0.1) is 11.3 Å². The smallest absolute Gasteiger partial charge is 0.315 e. The van der Waals surface area contributed by atoms with Gasteiger partial charge in [0.25, 0.3) is 0 Å². The number of urea groups is 1. The molecule has 2 amide bonds. The zero-order chi connectivity index (χ0) is 15.9. The highest BCUT2D eigenvalue weighted by molar-refractivity contribution is 7.10. The van der Waals surface area contributed by atoms with Crippen LogP contribution in [0.1, 0.15) is 32.6 Å². The van der Waals surface area contributed by atoms with Gasteiger partial charge in [0.2, 0.25) is 0 Å². The minimum atomic E-state index is -1.05. The third-order valence-corrected chi connectivity index (χ3v) is 3.96. The summed E-state index contributed by atoms with van der Waals surface area (Å²) in [7, 11) is 0. The Morgan fingerprint density at radius 3 is 2.71 bits per heavy atom. The predicted octanol–water partition coefficient (Wildman–Crippen LogP) is 2.32. The highest BCUT2D eigenvalue weighted by atomic mass is 32.1. The van der Waals surface area contributed by atoms with Crippen LogP contribution in [0.5, 0.6) is 0 Å². The van der Waals surface area contributed by atoms with Crippen molar-refractivity contribution >= 4 is 17.4 Å². The van der Waals surface area contributed by atoms with Crippen LogP contribution in [-0.2, 0) is 10.3 Å². The fourth-order valence-electron chi connectivity index (χ4n) is 1.72. The first-order valence-corrected chi connectivity index (χ1v) is 8.07. The molecule has 5 nitrogen and oxygen atoms in total. The summed E-state index contributed by atoms with van der Waals surface area (Å²) in [6, 6.07) is 3.36. The highest BCUT2D eigenvalue weighted by Crippen LogP contribution is 2.24. The van der Waals surface area contributed by atoms with Crippen molar-refractivity contribution in [3.05, 3.63) is 22.4 Å². The van der Waals surface area contributed by atoms with Crippen molar-refractivity contribution in [3.63, 3.8) is 0 Å². The number of amides is 2. The van der Waals surface area contributed by atoms with Gasteiger partial charge in [-0.1, -0.05) is 19.9 Å². The Balaban J connectivity index is 2.27. The van der Waals surface area contributed by atoms with Gasteiger partial charge in [0, 0.05) is 11.5 Å². The summed E-state index contributed by atoms with van der Waals surface area (Å²) in [4.78, 5) is 12.6. The van der Waals surface area contributed by atoms with Gasteiger partial charge in [0.15, 0.2) is 0 Å². The molecular weight excluding hydrogens is 288 g/mol. The number of rotatable bonds is 8. The number of carbonyl (C=O) groups is 1. The molecule has 0 saturated carbocycles. The third-order valence-electron chi connectivity index (χ3n) is 2.84. The second-order valence-corrected chi connectivity index (χ2v) is 6.86. The van der Waals surface area contributed by atoms with Crippen molar-refractivity contribution in [2.75, 3.05) is 19.8 Å². The van der Waals surface area contributed by atoms with Crippen LogP contribution in [0.4, 0.5) is 4.79 Å². The van der Waals surface area contributed by atoms with E-state index in [-0.39, 0.29) is 18.6 Å². The lowest BCUT2D eigenvalue weighted by molar-refractivity contribution is 0.0623. The minimum absolute atomic E-state index is 0.0737. The highest BCUT2D eigenvalue weighted by Gasteiger charge is 2.25. The standard InChI is InChI=1S/C15H26N2O3S/c1-11(2)8-20-9-12(3)17-14(18)16-10-15(4,19)13-6-5-7-21-13/h5-7,11-12,19H,8-10H2,1-4H3,(H2,16,17,18)/t12-,15+/m1/s1. The van der Waals surface area contributed by atoms with Gasteiger partial charge in [0.05, 0.1) is 19.2 Å². The normalized spacial score (nSPS) is 15.5. The van der Waals surface area contributed by atoms with Crippen LogP contribution in [-0.4, -0.2) is 36.9 Å². The van der Waals surface area contributed by atoms with Crippen molar-refractivity contribution in [1.29, 1.82) is 0 Å². The fraction of sp³-hybridized carbons (Fsp3) is 0.667. The van der Waals surface area contributed by atoms with Crippen LogP contribution < -0.4 is 10.6 Å². The largest absolute Gasteiger partial charge is 0.383 e. The molecule has 0 radical (unpaired) electrons. The number of hydrogen-bond acceptors (Lipinski definition) is 4. The predicted molar refractivity (Wildman–Crippen MR) is 85.5 cm³/mol. The Hall–Kier alpha value is -1.11. The molecule has 120 valence electrons. The quantitative estimate of drug-likeness (QED) is 0.689. The lowest BCUT2D eigenvalue weighted by Gasteiger charge is -2.23. The Kier molecular flexibility index (Phi) is 7.14. The van der Waals surface area contributed by atoms with E-state index in [9.17, 15) is 9.90 Å². The zero-order valence-electron chi connectivity index (χ0n) is 13.2. The van der Waals surface area contributed by atoms with Gasteiger partial charge in [-0.2, -0.15) is 0 Å². The number of hydrogen-bond donors (Lipinski definition) is 3. The molecule has 2 atom stereocenters. The van der Waals surface area contributed by atoms with E-state index in [1.165, 1.54) is 11.3 Å². The maximum absolute atomic E-state index is 11.8. The maximum atomic E-state index is 11.8. The summed E-state index contributed by atoms with van der Waals surface area (Å²) in [5.41, 5.74) is -1.05. The maximum Gasteiger partial charge on any atom is 0.315 e. The van der Waals surface area contributed by atoms with Crippen molar-refractivity contribution in [2.45, 2.75) is 39.3 Å². The van der Waals surface area contributed by atoms with Crippen LogP contribution in [0, 0.1) is 5.92 Å². The van der Waals surface area contributed by atoms with Crippen LogP contribution in [0.2, 0.25) is 0 Å². The Morgan fingerprint density at radius 2 is 2.14 bits per heavy atom. The zero-order valence-corrected chi connectivity index (χ0v) is 14.0. The van der Waals surface area contributed by atoms with Crippen LogP contribution >= 0.6 is 11.3 Å². The van der Waals surface area contributed by atoms with Gasteiger partial charge in [-0.25, -0.2) is 4.79 Å². The van der Waals surface area contributed by atoms with E-state index in [2.05, 4.69) is 24.5 Å². The molecule has 1 aromatic heterocycles. The van der Waals surface area contributed by atoms with Crippen molar-refractivity contribution < 1.29 is 14.6 Å². The minimum Gasteiger partial charge on any atom is -0.383 e. The molecule has 0 unspecified atom stereocenters. The molecule has 0 aliphatic rings. The van der Waals surface area contributed by atoms with Crippen molar-refractivity contribution in [3.8, 4) is 0 Å². The Morgan fingerprint density at radius 1 is 1.43 bits per heavy atom.